The number of hydrogen-bond donors (Lipinski definition) is 1. The summed E-state index contributed by atoms with van der Waals surface area (Å²) >= 11 is 0. The molecule has 0 unspecified atom stereocenters. The van der Waals surface area contributed by atoms with E-state index in [-0.39, 0.29) is 0 Å². The van der Waals surface area contributed by atoms with Crippen LogP contribution in [0, 0.1) is 5.92 Å². The van der Waals surface area contributed by atoms with Crippen molar-refractivity contribution in [3.05, 3.63) is 11.9 Å². The quantitative estimate of drug-likeness (QED) is 0.672. The molecule has 0 aliphatic heterocycles. The summed E-state index contributed by atoms with van der Waals surface area (Å²) in [5.74, 6) is 0.603. The van der Waals surface area contributed by atoms with Crippen LogP contribution in [0.4, 0.5) is 0 Å². The van der Waals surface area contributed by atoms with E-state index in [1.54, 1.807) is 10.9 Å². The summed E-state index contributed by atoms with van der Waals surface area (Å²) in [6, 6.07) is 0. The van der Waals surface area contributed by atoms with Crippen molar-refractivity contribution in [2.24, 2.45) is 13.0 Å². The highest BCUT2D eigenvalue weighted by Gasteiger charge is 1.98. The number of ether oxygens (including phenoxy) is 1. The van der Waals surface area contributed by atoms with Gasteiger partial charge in [0.1, 0.15) is 0 Å². The number of aromatic nitrogens is 3. The van der Waals surface area contributed by atoms with Gasteiger partial charge < -0.3 is 10.1 Å². The number of rotatable bonds is 7. The van der Waals surface area contributed by atoms with Gasteiger partial charge in [0.05, 0.1) is 18.5 Å². The Bertz CT molecular complexity index is 272. The first-order valence-corrected chi connectivity index (χ1v) is 5.32. The van der Waals surface area contributed by atoms with Gasteiger partial charge in [-0.05, 0) is 5.92 Å². The Hall–Kier alpha value is -0.940. The molecule has 0 spiro atoms. The van der Waals surface area contributed by atoms with E-state index in [1.807, 2.05) is 7.05 Å². The van der Waals surface area contributed by atoms with E-state index in [2.05, 4.69) is 29.5 Å². The van der Waals surface area contributed by atoms with Gasteiger partial charge in [-0.15, -0.1) is 5.10 Å². The van der Waals surface area contributed by atoms with Gasteiger partial charge in [-0.3, -0.25) is 4.68 Å². The summed E-state index contributed by atoms with van der Waals surface area (Å²) in [6.07, 6.45) is 1.77. The van der Waals surface area contributed by atoms with Crippen molar-refractivity contribution in [2.45, 2.75) is 20.4 Å². The molecule has 0 saturated heterocycles. The maximum absolute atomic E-state index is 5.44. The van der Waals surface area contributed by atoms with Gasteiger partial charge >= 0.3 is 0 Å². The molecule has 0 saturated carbocycles. The minimum atomic E-state index is 0.603. The van der Waals surface area contributed by atoms with Crippen LogP contribution in [0.2, 0.25) is 0 Å². The first-order chi connectivity index (χ1) is 7.20. The fraction of sp³-hybridized carbons (Fsp3) is 0.800. The smallest absolute Gasteiger partial charge is 0.0738 e. The van der Waals surface area contributed by atoms with Gasteiger partial charge in [-0.1, -0.05) is 19.1 Å². The molecule has 5 nitrogen and oxygen atoms in total. The zero-order valence-electron chi connectivity index (χ0n) is 9.73. The van der Waals surface area contributed by atoms with Crippen LogP contribution in [0.1, 0.15) is 19.5 Å². The highest BCUT2D eigenvalue weighted by atomic mass is 16.5. The van der Waals surface area contributed by atoms with E-state index in [0.29, 0.717) is 5.92 Å². The van der Waals surface area contributed by atoms with Crippen molar-refractivity contribution >= 4 is 0 Å². The highest BCUT2D eigenvalue weighted by Crippen LogP contribution is 1.93. The Kier molecular flexibility index (Phi) is 5.28. The second-order valence-electron chi connectivity index (χ2n) is 3.99. The van der Waals surface area contributed by atoms with Gasteiger partial charge in [0.2, 0.25) is 0 Å². The van der Waals surface area contributed by atoms with Gasteiger partial charge in [0.25, 0.3) is 0 Å². The van der Waals surface area contributed by atoms with Gasteiger partial charge in [0.15, 0.2) is 0 Å². The minimum Gasteiger partial charge on any atom is -0.380 e. The summed E-state index contributed by atoms with van der Waals surface area (Å²) in [4.78, 5) is 0. The van der Waals surface area contributed by atoms with Gasteiger partial charge in [-0.2, -0.15) is 0 Å². The molecule has 0 aliphatic rings. The van der Waals surface area contributed by atoms with E-state index in [9.17, 15) is 0 Å². The molecule has 1 aromatic heterocycles. The van der Waals surface area contributed by atoms with Crippen LogP contribution in [-0.4, -0.2) is 34.8 Å². The molecule has 0 radical (unpaired) electrons. The molecule has 0 fully saturated rings. The maximum Gasteiger partial charge on any atom is 0.0738 e. The van der Waals surface area contributed by atoms with Crippen molar-refractivity contribution in [2.75, 3.05) is 19.8 Å². The largest absolute Gasteiger partial charge is 0.380 e. The number of aryl methyl sites for hydroxylation is 1. The summed E-state index contributed by atoms with van der Waals surface area (Å²) in [7, 11) is 1.89. The fourth-order valence-electron chi connectivity index (χ4n) is 1.15. The van der Waals surface area contributed by atoms with E-state index in [0.717, 1.165) is 32.0 Å². The van der Waals surface area contributed by atoms with Crippen LogP contribution in [0.25, 0.3) is 0 Å². The number of nitrogens with one attached hydrogen (secondary N) is 1. The van der Waals surface area contributed by atoms with Crippen molar-refractivity contribution in [3.8, 4) is 0 Å². The molecule has 1 aromatic rings. The fourth-order valence-corrected chi connectivity index (χ4v) is 1.15. The average molecular weight is 212 g/mol. The molecular weight excluding hydrogens is 192 g/mol. The molecule has 1 rings (SSSR count). The molecule has 15 heavy (non-hydrogen) atoms. The molecule has 0 amide bonds. The third-order valence-electron chi connectivity index (χ3n) is 1.99. The minimum absolute atomic E-state index is 0.603. The lowest BCUT2D eigenvalue weighted by Gasteiger charge is -2.07. The van der Waals surface area contributed by atoms with Crippen molar-refractivity contribution in [1.29, 1.82) is 0 Å². The lowest BCUT2D eigenvalue weighted by molar-refractivity contribution is 0.111. The first kappa shape index (κ1) is 12.1. The Morgan fingerprint density at radius 2 is 2.33 bits per heavy atom. The van der Waals surface area contributed by atoms with E-state index in [4.69, 9.17) is 4.74 Å². The predicted molar refractivity (Wildman–Crippen MR) is 58.4 cm³/mol. The molecule has 1 heterocycles. The van der Waals surface area contributed by atoms with Crippen LogP contribution >= 0.6 is 0 Å². The molecule has 0 bridgehead atoms. The molecular formula is C10H20N4O. The highest BCUT2D eigenvalue weighted by molar-refractivity contribution is 4.91. The summed E-state index contributed by atoms with van der Waals surface area (Å²) < 4.78 is 7.21. The van der Waals surface area contributed by atoms with Gasteiger partial charge in [0, 0.05) is 26.7 Å². The third-order valence-corrected chi connectivity index (χ3v) is 1.99. The van der Waals surface area contributed by atoms with Gasteiger partial charge in [-0.25, -0.2) is 0 Å². The predicted octanol–water partition coefficient (Wildman–Crippen LogP) is 0.577. The molecule has 0 atom stereocenters. The van der Waals surface area contributed by atoms with Crippen molar-refractivity contribution in [3.63, 3.8) is 0 Å². The Labute approximate surface area is 90.8 Å². The summed E-state index contributed by atoms with van der Waals surface area (Å²) in [5, 5.41) is 10.9. The second-order valence-corrected chi connectivity index (χ2v) is 3.99. The molecule has 86 valence electrons. The molecule has 0 aliphatic carbocycles. The Morgan fingerprint density at radius 1 is 1.53 bits per heavy atom. The first-order valence-electron chi connectivity index (χ1n) is 5.32. The third kappa shape index (κ3) is 4.90. The maximum atomic E-state index is 5.44. The molecule has 1 N–H and O–H groups in total. The zero-order chi connectivity index (χ0) is 11.1. The average Bonchev–Trinajstić information content (AvgIpc) is 2.57. The van der Waals surface area contributed by atoms with E-state index >= 15 is 0 Å². The van der Waals surface area contributed by atoms with Crippen LogP contribution in [0.5, 0.6) is 0 Å². The lowest BCUT2D eigenvalue weighted by atomic mass is 10.2. The topological polar surface area (TPSA) is 52.0 Å². The number of hydrogen-bond acceptors (Lipinski definition) is 4. The van der Waals surface area contributed by atoms with E-state index < -0.39 is 0 Å². The van der Waals surface area contributed by atoms with Crippen molar-refractivity contribution < 1.29 is 4.74 Å². The molecule has 5 heteroatoms. The van der Waals surface area contributed by atoms with Crippen molar-refractivity contribution in [1.82, 2.24) is 20.3 Å². The van der Waals surface area contributed by atoms with Crippen LogP contribution < -0.4 is 5.32 Å². The monoisotopic (exact) mass is 212 g/mol. The summed E-state index contributed by atoms with van der Waals surface area (Å²) in [5.41, 5.74) is 1.08. The second kappa shape index (κ2) is 6.53. The lowest BCUT2D eigenvalue weighted by Crippen LogP contribution is -2.21. The van der Waals surface area contributed by atoms with Crippen LogP contribution in [-0.2, 0) is 18.3 Å². The Morgan fingerprint density at radius 3 is 2.93 bits per heavy atom. The summed E-state index contributed by atoms with van der Waals surface area (Å²) in [6.45, 7) is 7.52. The SMILES string of the molecule is CC(C)COCCNCc1cnnn1C. The number of nitrogens with zero attached hydrogens (tertiary/aromatic N) is 3. The van der Waals surface area contributed by atoms with Crippen LogP contribution in [0.15, 0.2) is 6.20 Å². The normalized spacial score (nSPS) is 11.2. The molecule has 0 aromatic carbocycles. The Balaban J connectivity index is 2.00. The van der Waals surface area contributed by atoms with Crippen LogP contribution in [0.3, 0.4) is 0 Å². The van der Waals surface area contributed by atoms with E-state index in [1.165, 1.54) is 0 Å². The standard InChI is InChI=1S/C10H20N4O/c1-9(2)8-15-5-4-11-6-10-7-12-13-14(10)3/h7,9,11H,4-6,8H2,1-3H3. The zero-order valence-corrected chi connectivity index (χ0v) is 9.73.